The number of aromatic amines is 1. The molecule has 1 amide bonds. The summed E-state index contributed by atoms with van der Waals surface area (Å²) in [4.78, 5) is 22.1. The summed E-state index contributed by atoms with van der Waals surface area (Å²) in [5.74, 6) is 4.33. The average Bonchev–Trinajstić information content (AvgIpc) is 2.74. The number of carboxylic acids is 1. The molecule has 1 aromatic heterocycles. The lowest BCUT2D eigenvalue weighted by atomic mass is 10.2. The van der Waals surface area contributed by atoms with Crippen LogP contribution in [0.3, 0.4) is 0 Å². The topological polar surface area (TPSA) is 104 Å². The largest absolute Gasteiger partial charge is 0.476 e. The second-order valence-electron chi connectivity index (χ2n) is 4.94. The fourth-order valence-electron chi connectivity index (χ4n) is 1.24. The highest BCUT2D eigenvalue weighted by Gasteiger charge is 2.15. The summed E-state index contributed by atoms with van der Waals surface area (Å²) in [6.45, 7) is 5.65. The van der Waals surface area contributed by atoms with Gasteiger partial charge in [0.05, 0.1) is 11.8 Å². The van der Waals surface area contributed by atoms with Crippen LogP contribution < -0.4 is 5.32 Å². The predicted octanol–water partition coefficient (Wildman–Crippen LogP) is 1.37. The SMILES string of the molecule is CC(C)(C)OC(=O)NCCC#Cc1cn[nH]c1C(=O)O. The minimum atomic E-state index is -1.11. The van der Waals surface area contributed by atoms with Crippen molar-refractivity contribution in [3.05, 3.63) is 17.5 Å². The number of carboxylic acid groups (broad SMARTS) is 1. The molecule has 0 spiro atoms. The third-order valence-corrected chi connectivity index (χ3v) is 1.99. The van der Waals surface area contributed by atoms with Crippen molar-refractivity contribution < 1.29 is 19.4 Å². The lowest BCUT2D eigenvalue weighted by molar-refractivity contribution is 0.0528. The molecule has 7 nitrogen and oxygen atoms in total. The van der Waals surface area contributed by atoms with Gasteiger partial charge in [0, 0.05) is 13.0 Å². The third-order valence-electron chi connectivity index (χ3n) is 1.99. The van der Waals surface area contributed by atoms with Crippen molar-refractivity contribution in [2.45, 2.75) is 32.8 Å². The van der Waals surface area contributed by atoms with Crippen LogP contribution in [0, 0.1) is 11.8 Å². The molecule has 0 atom stereocenters. The van der Waals surface area contributed by atoms with E-state index >= 15 is 0 Å². The van der Waals surface area contributed by atoms with Crippen LogP contribution in [0.25, 0.3) is 0 Å². The van der Waals surface area contributed by atoms with Gasteiger partial charge >= 0.3 is 12.1 Å². The zero-order chi connectivity index (χ0) is 15.2. The molecule has 7 heteroatoms. The van der Waals surface area contributed by atoms with E-state index in [1.165, 1.54) is 6.20 Å². The minimum absolute atomic E-state index is 0.0439. The maximum atomic E-state index is 11.3. The molecule has 1 heterocycles. The molecule has 0 bridgehead atoms. The maximum Gasteiger partial charge on any atom is 0.407 e. The van der Waals surface area contributed by atoms with Crippen LogP contribution in [0.15, 0.2) is 6.20 Å². The van der Waals surface area contributed by atoms with Crippen LogP contribution in [0.4, 0.5) is 4.79 Å². The molecular weight excluding hydrogens is 262 g/mol. The Morgan fingerprint density at radius 2 is 2.20 bits per heavy atom. The number of amides is 1. The minimum Gasteiger partial charge on any atom is -0.476 e. The Balaban J connectivity index is 2.39. The number of hydrogen-bond acceptors (Lipinski definition) is 4. The monoisotopic (exact) mass is 279 g/mol. The van der Waals surface area contributed by atoms with E-state index in [1.807, 2.05) is 0 Å². The highest BCUT2D eigenvalue weighted by Crippen LogP contribution is 2.06. The van der Waals surface area contributed by atoms with Crippen LogP contribution in [-0.2, 0) is 4.74 Å². The van der Waals surface area contributed by atoms with Crippen molar-refractivity contribution in [2.24, 2.45) is 0 Å². The number of ether oxygens (including phenoxy) is 1. The number of hydrogen-bond donors (Lipinski definition) is 3. The number of aromatic carboxylic acids is 1. The second-order valence-corrected chi connectivity index (χ2v) is 4.94. The van der Waals surface area contributed by atoms with E-state index in [1.54, 1.807) is 20.8 Å². The van der Waals surface area contributed by atoms with Gasteiger partial charge in [-0.05, 0) is 20.8 Å². The van der Waals surface area contributed by atoms with E-state index in [0.29, 0.717) is 18.5 Å². The molecule has 0 fully saturated rings. The molecular formula is C13H17N3O4. The first-order chi connectivity index (χ1) is 9.29. The van der Waals surface area contributed by atoms with E-state index in [9.17, 15) is 9.59 Å². The summed E-state index contributed by atoms with van der Waals surface area (Å²) >= 11 is 0. The normalized spacial score (nSPS) is 10.3. The van der Waals surface area contributed by atoms with Gasteiger partial charge in [-0.25, -0.2) is 9.59 Å². The molecule has 0 aliphatic rings. The molecule has 0 aromatic carbocycles. The fourth-order valence-corrected chi connectivity index (χ4v) is 1.24. The molecule has 1 rings (SSSR count). The van der Waals surface area contributed by atoms with Gasteiger partial charge in [0.15, 0.2) is 5.69 Å². The predicted molar refractivity (Wildman–Crippen MR) is 71.3 cm³/mol. The molecule has 0 aliphatic carbocycles. The van der Waals surface area contributed by atoms with Gasteiger partial charge in [0.25, 0.3) is 0 Å². The van der Waals surface area contributed by atoms with E-state index in [-0.39, 0.29) is 5.69 Å². The number of carbonyl (C=O) groups excluding carboxylic acids is 1. The maximum absolute atomic E-state index is 11.3. The molecule has 20 heavy (non-hydrogen) atoms. The Morgan fingerprint density at radius 1 is 1.50 bits per heavy atom. The van der Waals surface area contributed by atoms with Crippen molar-refractivity contribution in [2.75, 3.05) is 6.54 Å². The summed E-state index contributed by atoms with van der Waals surface area (Å²) < 4.78 is 5.05. The third kappa shape index (κ3) is 5.44. The average molecular weight is 279 g/mol. The van der Waals surface area contributed by atoms with E-state index in [2.05, 4.69) is 27.4 Å². The van der Waals surface area contributed by atoms with Gasteiger partial charge < -0.3 is 15.2 Å². The number of carbonyl (C=O) groups is 2. The lowest BCUT2D eigenvalue weighted by Gasteiger charge is -2.19. The summed E-state index contributed by atoms with van der Waals surface area (Å²) in [5, 5.41) is 17.3. The fraction of sp³-hybridized carbons (Fsp3) is 0.462. The molecule has 3 N–H and O–H groups in total. The first-order valence-corrected chi connectivity index (χ1v) is 6.02. The Hall–Kier alpha value is -2.49. The molecule has 0 unspecified atom stereocenters. The molecule has 0 radical (unpaired) electrons. The second kappa shape index (κ2) is 6.61. The summed E-state index contributed by atoms with van der Waals surface area (Å²) in [6.07, 6.45) is 1.22. The zero-order valence-electron chi connectivity index (χ0n) is 11.6. The lowest BCUT2D eigenvalue weighted by Crippen LogP contribution is -2.32. The summed E-state index contributed by atoms with van der Waals surface area (Å²) in [6, 6.07) is 0. The van der Waals surface area contributed by atoms with Crippen molar-refractivity contribution in [1.29, 1.82) is 0 Å². The van der Waals surface area contributed by atoms with Gasteiger partial charge in [-0.2, -0.15) is 5.10 Å². The standard InChI is InChI=1S/C13H17N3O4/c1-13(2,3)20-12(19)14-7-5-4-6-9-8-15-16-10(9)11(17)18/h8H,5,7H2,1-3H3,(H,14,19)(H,15,16)(H,17,18). The Labute approximate surface area is 116 Å². The quantitative estimate of drug-likeness (QED) is 0.572. The Kier molecular flexibility index (Phi) is 5.15. The molecule has 0 saturated heterocycles. The van der Waals surface area contributed by atoms with Gasteiger partial charge in [0.1, 0.15) is 5.60 Å². The number of alkyl carbamates (subject to hydrolysis) is 1. The van der Waals surface area contributed by atoms with Gasteiger partial charge in [-0.3, -0.25) is 5.10 Å². The number of rotatable bonds is 3. The Morgan fingerprint density at radius 3 is 2.80 bits per heavy atom. The van der Waals surface area contributed by atoms with E-state index in [4.69, 9.17) is 9.84 Å². The van der Waals surface area contributed by atoms with Gasteiger partial charge in [-0.15, -0.1) is 0 Å². The van der Waals surface area contributed by atoms with Crippen LogP contribution in [0.5, 0.6) is 0 Å². The first-order valence-electron chi connectivity index (χ1n) is 6.02. The van der Waals surface area contributed by atoms with Crippen molar-refractivity contribution in [3.8, 4) is 11.8 Å². The summed E-state index contributed by atoms with van der Waals surface area (Å²) in [5.41, 5.74) is -0.268. The van der Waals surface area contributed by atoms with E-state index < -0.39 is 17.7 Å². The van der Waals surface area contributed by atoms with Crippen molar-refractivity contribution >= 4 is 12.1 Å². The Bertz CT molecular complexity index is 546. The van der Waals surface area contributed by atoms with E-state index in [0.717, 1.165) is 0 Å². The molecule has 108 valence electrons. The smallest absolute Gasteiger partial charge is 0.407 e. The molecule has 0 aliphatic heterocycles. The number of nitrogens with zero attached hydrogens (tertiary/aromatic N) is 1. The van der Waals surface area contributed by atoms with Crippen molar-refractivity contribution in [1.82, 2.24) is 15.5 Å². The highest BCUT2D eigenvalue weighted by molar-refractivity contribution is 5.88. The van der Waals surface area contributed by atoms with Gasteiger partial charge in [-0.1, -0.05) is 11.8 Å². The van der Waals surface area contributed by atoms with Crippen molar-refractivity contribution in [3.63, 3.8) is 0 Å². The van der Waals surface area contributed by atoms with Crippen LogP contribution in [-0.4, -0.2) is 39.5 Å². The summed E-state index contributed by atoms with van der Waals surface area (Å²) in [7, 11) is 0. The number of H-pyrrole nitrogens is 1. The number of aromatic nitrogens is 2. The number of nitrogens with one attached hydrogen (secondary N) is 2. The highest BCUT2D eigenvalue weighted by atomic mass is 16.6. The van der Waals surface area contributed by atoms with Crippen LogP contribution in [0.2, 0.25) is 0 Å². The van der Waals surface area contributed by atoms with Crippen LogP contribution >= 0.6 is 0 Å². The zero-order valence-corrected chi connectivity index (χ0v) is 11.6. The van der Waals surface area contributed by atoms with Crippen LogP contribution in [0.1, 0.15) is 43.2 Å². The molecule has 0 saturated carbocycles. The first kappa shape index (κ1) is 15.6. The molecule has 1 aromatic rings. The van der Waals surface area contributed by atoms with Gasteiger partial charge in [0.2, 0.25) is 0 Å².